The molecule has 3 amide bonds. The maximum Gasteiger partial charge on any atom is 0.407 e. The number of halogens is 1. The lowest BCUT2D eigenvalue weighted by Crippen LogP contribution is -2.58. The molecule has 0 aliphatic carbocycles. The number of hydrogen-bond donors (Lipinski definition) is 3. The second kappa shape index (κ2) is 13.2. The van der Waals surface area contributed by atoms with E-state index in [1.165, 1.54) is 16.7 Å². The van der Waals surface area contributed by atoms with Crippen molar-refractivity contribution in [3.05, 3.63) is 71.3 Å². The van der Waals surface area contributed by atoms with Crippen LogP contribution in [-0.2, 0) is 27.3 Å². The van der Waals surface area contributed by atoms with Gasteiger partial charge in [0.05, 0.1) is 17.8 Å². The summed E-state index contributed by atoms with van der Waals surface area (Å²) < 4.78 is 4.43. The van der Waals surface area contributed by atoms with Crippen LogP contribution in [0.1, 0.15) is 30.5 Å². The van der Waals surface area contributed by atoms with E-state index in [9.17, 15) is 19.5 Å². The fraction of sp³-hybridized carbons (Fsp3) is 0.444. The predicted molar refractivity (Wildman–Crippen MR) is 145 cm³/mol. The Bertz CT molecular complexity index is 1080. The van der Waals surface area contributed by atoms with Crippen LogP contribution in [0.5, 0.6) is 0 Å². The first-order chi connectivity index (χ1) is 17.6. The van der Waals surface area contributed by atoms with Crippen molar-refractivity contribution in [3.63, 3.8) is 0 Å². The maximum atomic E-state index is 13.6. The number of carbonyl (C=O) groups is 3. The first kappa shape index (κ1) is 28.8. The number of carbonyl (C=O) groups excluding carboxylic acids is 3. The lowest BCUT2D eigenvalue weighted by Gasteiger charge is -2.33. The van der Waals surface area contributed by atoms with Crippen LogP contribution in [0, 0.1) is 6.92 Å². The van der Waals surface area contributed by atoms with Gasteiger partial charge < -0.3 is 25.4 Å². The summed E-state index contributed by atoms with van der Waals surface area (Å²) in [5.41, 5.74) is 2.86. The summed E-state index contributed by atoms with van der Waals surface area (Å²) in [5, 5.41) is 16.7. The Morgan fingerprint density at radius 2 is 1.84 bits per heavy atom. The fourth-order valence-electron chi connectivity index (χ4n) is 4.28. The van der Waals surface area contributed by atoms with Crippen molar-refractivity contribution >= 4 is 41.3 Å². The van der Waals surface area contributed by atoms with E-state index in [-0.39, 0.29) is 30.7 Å². The van der Waals surface area contributed by atoms with Crippen LogP contribution in [0.4, 0.5) is 4.79 Å². The van der Waals surface area contributed by atoms with E-state index in [0.717, 1.165) is 16.7 Å². The van der Waals surface area contributed by atoms with Gasteiger partial charge in [0.25, 0.3) is 5.91 Å². The molecule has 200 valence electrons. The molecule has 8 nitrogen and oxygen atoms in total. The zero-order chi connectivity index (χ0) is 27.0. The number of nitrogens with zero attached hydrogens (tertiary/aromatic N) is 1. The Labute approximate surface area is 227 Å². The number of alkyl halides is 1. The number of aryl methyl sites for hydroxylation is 1. The molecule has 0 bridgehead atoms. The van der Waals surface area contributed by atoms with Gasteiger partial charge in [-0.3, -0.25) is 9.59 Å². The van der Waals surface area contributed by atoms with Gasteiger partial charge >= 0.3 is 6.09 Å². The van der Waals surface area contributed by atoms with Crippen molar-refractivity contribution in [2.45, 2.75) is 56.7 Å². The molecule has 0 radical (unpaired) electrons. The number of ether oxygens (including phenoxy) is 1. The van der Waals surface area contributed by atoms with Gasteiger partial charge in [-0.05, 0) is 43.9 Å². The van der Waals surface area contributed by atoms with Crippen LogP contribution in [-0.4, -0.2) is 69.2 Å². The lowest BCUT2D eigenvalue weighted by atomic mass is 9.97. The average molecular weight is 548 g/mol. The molecule has 3 atom stereocenters. The molecule has 10 heteroatoms. The van der Waals surface area contributed by atoms with Gasteiger partial charge in [-0.25, -0.2) is 4.79 Å². The largest absolute Gasteiger partial charge is 0.448 e. The summed E-state index contributed by atoms with van der Waals surface area (Å²) in [5.74, 6) is -0.571. The Balaban J connectivity index is 1.77. The van der Waals surface area contributed by atoms with E-state index < -0.39 is 34.9 Å². The van der Waals surface area contributed by atoms with E-state index in [1.54, 1.807) is 0 Å². The molecule has 0 saturated carbocycles. The minimum absolute atomic E-state index is 0.00439. The number of aliphatic hydroxyl groups is 1. The minimum atomic E-state index is -1.59. The van der Waals surface area contributed by atoms with Crippen LogP contribution in [0.25, 0.3) is 0 Å². The normalized spacial score (nSPS) is 18.1. The third-order valence-electron chi connectivity index (χ3n) is 6.34. The highest BCUT2D eigenvalue weighted by Gasteiger charge is 2.49. The minimum Gasteiger partial charge on any atom is -0.448 e. The van der Waals surface area contributed by atoms with E-state index >= 15 is 0 Å². The van der Waals surface area contributed by atoms with Gasteiger partial charge in [0.15, 0.2) is 6.10 Å². The monoisotopic (exact) mass is 547 g/mol. The maximum absolute atomic E-state index is 13.6. The molecule has 1 saturated heterocycles. The van der Waals surface area contributed by atoms with Crippen molar-refractivity contribution < 1.29 is 24.2 Å². The molecular weight excluding hydrogens is 514 g/mol. The standard InChI is InChI=1S/C27H34ClN3O5S/c1-18-9-7-8-12-20(18)16-29-24(33)23-27(2,3)37-17-31(23)25(34)22(32)21(30-26(35)36-14-13-28)15-19-10-5-4-6-11-19/h4-12,21-23,32H,13-17H2,1-3H3,(H,29,33)(H,30,35). The topological polar surface area (TPSA) is 108 Å². The Morgan fingerprint density at radius 1 is 1.16 bits per heavy atom. The zero-order valence-electron chi connectivity index (χ0n) is 21.3. The predicted octanol–water partition coefficient (Wildman–Crippen LogP) is 3.23. The number of alkyl carbamates (subject to hydrolysis) is 1. The first-order valence-corrected chi connectivity index (χ1v) is 13.6. The Kier molecular flexibility index (Phi) is 10.3. The van der Waals surface area contributed by atoms with Crippen LogP contribution in [0.15, 0.2) is 54.6 Å². The number of nitrogens with one attached hydrogen (secondary N) is 2. The van der Waals surface area contributed by atoms with Crippen molar-refractivity contribution in [3.8, 4) is 0 Å². The summed E-state index contributed by atoms with van der Waals surface area (Å²) in [7, 11) is 0. The van der Waals surface area contributed by atoms with Crippen molar-refractivity contribution in [1.29, 1.82) is 0 Å². The van der Waals surface area contributed by atoms with Crippen LogP contribution >= 0.6 is 23.4 Å². The van der Waals surface area contributed by atoms with Crippen molar-refractivity contribution in [2.75, 3.05) is 18.4 Å². The van der Waals surface area contributed by atoms with Gasteiger partial charge in [-0.2, -0.15) is 0 Å². The molecule has 1 aliphatic heterocycles. The molecule has 0 spiro atoms. The van der Waals surface area contributed by atoms with Gasteiger partial charge in [0.1, 0.15) is 12.6 Å². The molecular formula is C27H34ClN3O5S. The fourth-order valence-corrected chi connectivity index (χ4v) is 5.49. The number of hydrogen-bond acceptors (Lipinski definition) is 6. The molecule has 1 aliphatic rings. The highest BCUT2D eigenvalue weighted by Crippen LogP contribution is 2.40. The third kappa shape index (κ3) is 7.63. The van der Waals surface area contributed by atoms with Crippen LogP contribution in [0.2, 0.25) is 0 Å². The van der Waals surface area contributed by atoms with Crippen molar-refractivity contribution in [2.24, 2.45) is 0 Å². The molecule has 3 rings (SSSR count). The average Bonchev–Trinajstić information content (AvgIpc) is 3.21. The Hall–Kier alpha value is -2.75. The van der Waals surface area contributed by atoms with E-state index in [4.69, 9.17) is 16.3 Å². The molecule has 3 N–H and O–H groups in total. The number of benzene rings is 2. The number of amides is 3. The van der Waals surface area contributed by atoms with Crippen molar-refractivity contribution in [1.82, 2.24) is 15.5 Å². The lowest BCUT2D eigenvalue weighted by molar-refractivity contribution is -0.147. The third-order valence-corrected chi connectivity index (χ3v) is 7.87. The molecule has 1 fully saturated rings. The second-order valence-corrected chi connectivity index (χ2v) is 11.4. The zero-order valence-corrected chi connectivity index (χ0v) is 22.8. The summed E-state index contributed by atoms with van der Waals surface area (Å²) in [6.07, 6.45) is -2.18. The van der Waals surface area contributed by atoms with Gasteiger partial charge in [0, 0.05) is 11.3 Å². The summed E-state index contributed by atoms with van der Waals surface area (Å²) in [6.45, 7) is 6.10. The molecule has 3 unspecified atom stereocenters. The molecule has 2 aromatic carbocycles. The SMILES string of the molecule is Cc1ccccc1CNC(=O)C1N(C(=O)C(O)C(Cc2ccccc2)NC(=O)OCCCl)CSC1(C)C. The molecule has 2 aromatic rings. The number of rotatable bonds is 10. The summed E-state index contributed by atoms with van der Waals surface area (Å²) in [6, 6.07) is 15.2. The van der Waals surface area contributed by atoms with Crippen LogP contribution < -0.4 is 10.6 Å². The summed E-state index contributed by atoms with van der Waals surface area (Å²) >= 11 is 7.06. The molecule has 0 aromatic heterocycles. The smallest absolute Gasteiger partial charge is 0.407 e. The first-order valence-electron chi connectivity index (χ1n) is 12.1. The van der Waals surface area contributed by atoms with Crippen LogP contribution in [0.3, 0.4) is 0 Å². The number of aliphatic hydroxyl groups excluding tert-OH is 1. The van der Waals surface area contributed by atoms with E-state index in [0.29, 0.717) is 6.54 Å². The molecule has 1 heterocycles. The van der Waals surface area contributed by atoms with Gasteiger partial charge in [-0.1, -0.05) is 54.6 Å². The highest BCUT2D eigenvalue weighted by atomic mass is 35.5. The molecule has 37 heavy (non-hydrogen) atoms. The van der Waals surface area contributed by atoms with E-state index in [1.807, 2.05) is 75.4 Å². The highest BCUT2D eigenvalue weighted by molar-refractivity contribution is 8.00. The Morgan fingerprint density at radius 3 is 2.51 bits per heavy atom. The summed E-state index contributed by atoms with van der Waals surface area (Å²) in [4.78, 5) is 40.6. The van der Waals surface area contributed by atoms with Gasteiger partial charge in [-0.15, -0.1) is 23.4 Å². The van der Waals surface area contributed by atoms with Gasteiger partial charge in [0.2, 0.25) is 5.91 Å². The van der Waals surface area contributed by atoms with E-state index in [2.05, 4.69) is 10.6 Å². The number of thioether (sulfide) groups is 1. The quantitative estimate of drug-likeness (QED) is 0.394. The second-order valence-electron chi connectivity index (χ2n) is 9.44.